The molecule has 0 atom stereocenters. The molecule has 2 aromatic heterocycles. The molecule has 0 aliphatic rings. The van der Waals surface area contributed by atoms with Gasteiger partial charge in [-0.1, -0.05) is 23.4 Å². The second-order valence-electron chi connectivity index (χ2n) is 9.89. The molecule has 12 heteroatoms. The number of fused-ring (bicyclic) bond motifs is 1. The highest BCUT2D eigenvalue weighted by Gasteiger charge is 2.25. The highest BCUT2D eigenvalue weighted by atomic mass is 32.2. The van der Waals surface area contributed by atoms with Crippen molar-refractivity contribution in [2.24, 2.45) is 0 Å². The smallest absolute Gasteiger partial charge is 0.407 e. The molecule has 0 spiro atoms. The number of nitrogens with zero attached hydrogens (tertiary/aromatic N) is 3. The maximum atomic E-state index is 13.2. The average Bonchev–Trinajstić information content (AvgIpc) is 3.43. The van der Waals surface area contributed by atoms with Crippen LogP contribution in [0.4, 0.5) is 10.6 Å². The fourth-order valence-electron chi connectivity index (χ4n) is 4.06. The van der Waals surface area contributed by atoms with Crippen LogP contribution in [0, 0.1) is 13.8 Å². The number of carbonyl (C=O) groups is 1. The predicted octanol–water partition coefficient (Wildman–Crippen LogP) is 4.52. The van der Waals surface area contributed by atoms with Gasteiger partial charge in [0.15, 0.2) is 11.4 Å². The van der Waals surface area contributed by atoms with Crippen LogP contribution in [0.25, 0.3) is 11.0 Å². The first-order chi connectivity index (χ1) is 17.9. The number of amides is 1. The van der Waals surface area contributed by atoms with Crippen molar-refractivity contribution in [1.82, 2.24) is 20.3 Å². The van der Waals surface area contributed by atoms with E-state index in [4.69, 9.17) is 14.0 Å². The molecule has 2 N–H and O–H groups in total. The summed E-state index contributed by atoms with van der Waals surface area (Å²) in [6, 6.07) is 10.5. The number of alkyl carbamates (subject to hydrolysis) is 1. The molecule has 0 radical (unpaired) electrons. The van der Waals surface area contributed by atoms with Crippen molar-refractivity contribution < 1.29 is 27.2 Å². The molecule has 4 rings (SSSR count). The van der Waals surface area contributed by atoms with Gasteiger partial charge in [0.2, 0.25) is 0 Å². The molecule has 0 unspecified atom stereocenters. The summed E-state index contributed by atoms with van der Waals surface area (Å²) in [5.41, 5.74) is 2.75. The highest BCUT2D eigenvalue weighted by molar-refractivity contribution is 7.92. The largest absolute Gasteiger partial charge is 0.495 e. The van der Waals surface area contributed by atoms with E-state index in [2.05, 4.69) is 20.3 Å². The second-order valence-corrected chi connectivity index (χ2v) is 11.5. The lowest BCUT2D eigenvalue weighted by Crippen LogP contribution is -2.32. The zero-order valence-electron chi connectivity index (χ0n) is 22.2. The number of carbonyl (C=O) groups excluding carboxylic acids is 1. The van der Waals surface area contributed by atoms with E-state index in [-0.39, 0.29) is 23.0 Å². The minimum Gasteiger partial charge on any atom is -0.495 e. The third-order valence-corrected chi connectivity index (χ3v) is 7.10. The van der Waals surface area contributed by atoms with E-state index >= 15 is 0 Å². The summed E-state index contributed by atoms with van der Waals surface area (Å²) < 4.78 is 46.7. The number of aryl methyl sites for hydroxylation is 2. The van der Waals surface area contributed by atoms with Gasteiger partial charge in [0.05, 0.1) is 31.3 Å². The van der Waals surface area contributed by atoms with Gasteiger partial charge in [-0.05, 0) is 69.5 Å². The lowest BCUT2D eigenvalue weighted by atomic mass is 10.1. The molecule has 0 bridgehead atoms. The maximum absolute atomic E-state index is 13.2. The van der Waals surface area contributed by atoms with Crippen molar-refractivity contribution in [3.63, 3.8) is 0 Å². The van der Waals surface area contributed by atoms with E-state index in [9.17, 15) is 13.2 Å². The van der Waals surface area contributed by atoms with Gasteiger partial charge in [-0.3, -0.25) is 9.40 Å². The average molecular weight is 542 g/mol. The van der Waals surface area contributed by atoms with Crippen LogP contribution in [0.2, 0.25) is 0 Å². The van der Waals surface area contributed by atoms with Gasteiger partial charge in [-0.25, -0.2) is 13.2 Å². The van der Waals surface area contributed by atoms with E-state index < -0.39 is 21.7 Å². The summed E-state index contributed by atoms with van der Waals surface area (Å²) >= 11 is 0. The fourth-order valence-corrected chi connectivity index (χ4v) is 5.47. The van der Waals surface area contributed by atoms with Crippen molar-refractivity contribution in [2.75, 3.05) is 11.8 Å². The van der Waals surface area contributed by atoms with Crippen LogP contribution in [0.1, 0.15) is 43.2 Å². The molecule has 38 heavy (non-hydrogen) atoms. The number of benzene rings is 2. The quantitative estimate of drug-likeness (QED) is 0.332. The fraction of sp³-hybridized carbons (Fsp3) is 0.346. The Bertz CT molecular complexity index is 1580. The van der Waals surface area contributed by atoms with Crippen LogP contribution in [0.15, 0.2) is 52.0 Å². The summed E-state index contributed by atoms with van der Waals surface area (Å²) in [6.07, 6.45) is 1.30. The van der Waals surface area contributed by atoms with E-state index in [1.54, 1.807) is 62.8 Å². The number of ether oxygens (including phenoxy) is 2. The van der Waals surface area contributed by atoms with Crippen molar-refractivity contribution >= 4 is 32.9 Å². The number of hydrogen-bond acceptors (Lipinski definition) is 8. The topological polar surface area (TPSA) is 138 Å². The number of hydrogen-bond donors (Lipinski definition) is 2. The minimum absolute atomic E-state index is 0.0450. The van der Waals surface area contributed by atoms with E-state index in [0.29, 0.717) is 28.8 Å². The molecular formula is C26H31N5O6S. The molecule has 0 saturated carbocycles. The van der Waals surface area contributed by atoms with Gasteiger partial charge in [0, 0.05) is 6.20 Å². The molecule has 0 aliphatic carbocycles. The Labute approximate surface area is 221 Å². The van der Waals surface area contributed by atoms with Crippen molar-refractivity contribution in [1.29, 1.82) is 0 Å². The first-order valence-corrected chi connectivity index (χ1v) is 13.4. The van der Waals surface area contributed by atoms with Crippen LogP contribution >= 0.6 is 0 Å². The van der Waals surface area contributed by atoms with Crippen LogP contribution < -0.4 is 14.8 Å². The summed E-state index contributed by atoms with van der Waals surface area (Å²) in [5.74, 6) is 0.341. The maximum Gasteiger partial charge on any atom is 0.407 e. The molecule has 4 aromatic rings. The van der Waals surface area contributed by atoms with Gasteiger partial charge >= 0.3 is 6.09 Å². The third kappa shape index (κ3) is 6.08. The molecule has 2 heterocycles. The number of methoxy groups -OCH3 is 1. The summed E-state index contributed by atoms with van der Waals surface area (Å²) in [5, 5.41) is 11.7. The zero-order chi connectivity index (χ0) is 27.7. The number of aromatic nitrogens is 3. The third-order valence-electron chi connectivity index (χ3n) is 5.58. The highest BCUT2D eigenvalue weighted by Crippen LogP contribution is 2.33. The Morgan fingerprint density at radius 3 is 2.61 bits per heavy atom. The molecular weight excluding hydrogens is 510 g/mol. The van der Waals surface area contributed by atoms with Gasteiger partial charge in [0.1, 0.15) is 16.2 Å². The summed E-state index contributed by atoms with van der Waals surface area (Å²) in [6.45, 7) is 9.62. The first-order valence-electron chi connectivity index (χ1n) is 11.9. The molecule has 0 fully saturated rings. The first kappa shape index (κ1) is 27.0. The van der Waals surface area contributed by atoms with Gasteiger partial charge < -0.3 is 19.3 Å². The summed E-state index contributed by atoms with van der Waals surface area (Å²) in [4.78, 5) is 11.9. The van der Waals surface area contributed by atoms with E-state index in [0.717, 1.165) is 11.1 Å². The Balaban J connectivity index is 1.50. The van der Waals surface area contributed by atoms with Gasteiger partial charge in [-0.2, -0.15) is 5.10 Å². The van der Waals surface area contributed by atoms with Gasteiger partial charge in [0.25, 0.3) is 10.0 Å². The lowest BCUT2D eigenvalue weighted by molar-refractivity contribution is 0.0522. The van der Waals surface area contributed by atoms with Crippen LogP contribution in [-0.2, 0) is 27.8 Å². The van der Waals surface area contributed by atoms with Crippen LogP contribution in [-0.4, -0.2) is 42.2 Å². The van der Waals surface area contributed by atoms with Crippen molar-refractivity contribution in [3.8, 4) is 5.75 Å². The normalized spacial score (nSPS) is 11.9. The van der Waals surface area contributed by atoms with Crippen LogP contribution in [0.5, 0.6) is 5.75 Å². The lowest BCUT2D eigenvalue weighted by Gasteiger charge is -2.19. The molecule has 2 aromatic carbocycles. The van der Waals surface area contributed by atoms with Crippen molar-refractivity contribution in [3.05, 3.63) is 65.0 Å². The van der Waals surface area contributed by atoms with E-state index in [1.807, 2.05) is 19.1 Å². The standard InChI is InChI=1S/C26H31N5O6S/c1-16-8-7-9-20(35-6)23(16)38(33,34)30-24-22-17(2)12-18(13-21(22)37-29-24)15-31-11-10-19(28-31)14-27-25(32)36-26(3,4)5/h7-13H,14-15H2,1-6H3,(H,27,32)(H,29,30). The predicted molar refractivity (Wildman–Crippen MR) is 142 cm³/mol. The molecule has 202 valence electrons. The second kappa shape index (κ2) is 10.4. The number of anilines is 1. The Hall–Kier alpha value is -4.06. The summed E-state index contributed by atoms with van der Waals surface area (Å²) in [7, 11) is -2.57. The molecule has 0 aliphatic heterocycles. The van der Waals surface area contributed by atoms with E-state index in [1.165, 1.54) is 7.11 Å². The molecule has 11 nitrogen and oxygen atoms in total. The molecule has 0 saturated heterocycles. The van der Waals surface area contributed by atoms with Gasteiger partial charge in [-0.15, -0.1) is 0 Å². The van der Waals surface area contributed by atoms with Crippen molar-refractivity contribution in [2.45, 2.75) is 58.2 Å². The monoisotopic (exact) mass is 541 g/mol. The molecule has 1 amide bonds. The number of rotatable bonds is 8. The number of sulfonamides is 1. The Morgan fingerprint density at radius 2 is 1.89 bits per heavy atom. The number of nitrogens with one attached hydrogen (secondary N) is 2. The van der Waals surface area contributed by atoms with Crippen LogP contribution in [0.3, 0.4) is 0 Å². The Kier molecular flexibility index (Phi) is 7.36. The SMILES string of the molecule is COc1cccc(C)c1S(=O)(=O)Nc1noc2cc(Cn3ccc(CNC(=O)OC(C)(C)C)n3)cc(C)c12. The zero-order valence-corrected chi connectivity index (χ0v) is 23.0. The minimum atomic E-state index is -3.99. The Morgan fingerprint density at radius 1 is 1.13 bits per heavy atom.